The summed E-state index contributed by atoms with van der Waals surface area (Å²) in [5, 5.41) is 21.3. The number of alkyl carbamates (subject to hydrolysis) is 1. The number of aromatic nitrogens is 3. The maximum Gasteiger partial charge on any atom is 0.408 e. The average Bonchev–Trinajstić information content (AvgIpc) is 3.80. The number of amides is 4. The number of H-pyrrole nitrogens is 2. The summed E-state index contributed by atoms with van der Waals surface area (Å²) >= 11 is 0. The number of aliphatic carboxylic acids is 1. The van der Waals surface area contributed by atoms with E-state index < -0.39 is 54.0 Å². The molecule has 4 atom stereocenters. The van der Waals surface area contributed by atoms with E-state index in [1.54, 1.807) is 60.8 Å². The van der Waals surface area contributed by atoms with Crippen molar-refractivity contribution in [3.05, 3.63) is 126 Å². The number of para-hydroxylation sites is 1. The SMILES string of the molecule is C[C@H](NC(=O)OCc1ccccc1)C(=O)N[C@@H](Cc1cnc[nH]1)C(=O)N[C@@H](Cc1ccccc1)C(=O)N[C@@H](Cc1c[nH]c2ccccc12)C(=O)O. The van der Waals surface area contributed by atoms with Crippen LogP contribution in [0.4, 0.5) is 4.79 Å². The summed E-state index contributed by atoms with van der Waals surface area (Å²) in [6.45, 7) is 1.44. The molecule has 0 unspecified atom stereocenters. The number of rotatable bonds is 16. The van der Waals surface area contributed by atoms with Gasteiger partial charge in [0.05, 0.1) is 6.33 Å². The lowest BCUT2D eigenvalue weighted by Gasteiger charge is -2.25. The van der Waals surface area contributed by atoms with E-state index in [-0.39, 0.29) is 25.9 Å². The van der Waals surface area contributed by atoms with Crippen LogP contribution >= 0.6 is 0 Å². The van der Waals surface area contributed by atoms with E-state index in [1.807, 2.05) is 30.3 Å². The molecule has 14 heteroatoms. The first-order chi connectivity index (χ1) is 24.7. The van der Waals surface area contributed by atoms with E-state index in [4.69, 9.17) is 4.74 Å². The van der Waals surface area contributed by atoms with Gasteiger partial charge in [0, 0.05) is 48.3 Å². The highest BCUT2D eigenvalue weighted by atomic mass is 16.5. The van der Waals surface area contributed by atoms with Crippen LogP contribution in [-0.2, 0) is 49.8 Å². The van der Waals surface area contributed by atoms with Crippen LogP contribution in [0.2, 0.25) is 0 Å². The van der Waals surface area contributed by atoms with Gasteiger partial charge in [-0.1, -0.05) is 78.9 Å². The zero-order valence-corrected chi connectivity index (χ0v) is 27.8. The minimum Gasteiger partial charge on any atom is -0.480 e. The van der Waals surface area contributed by atoms with Crippen molar-refractivity contribution in [3.8, 4) is 0 Å². The van der Waals surface area contributed by atoms with Gasteiger partial charge < -0.3 is 41.1 Å². The number of carbonyl (C=O) groups is 5. The number of ether oxygens (including phenoxy) is 1. The number of hydrogen-bond donors (Lipinski definition) is 7. The van der Waals surface area contributed by atoms with Crippen molar-refractivity contribution in [1.29, 1.82) is 0 Å². The number of hydrogen-bond acceptors (Lipinski definition) is 7. The Hall–Kier alpha value is -6.44. The summed E-state index contributed by atoms with van der Waals surface area (Å²) in [6.07, 6.45) is 3.80. The van der Waals surface area contributed by atoms with Crippen LogP contribution < -0.4 is 21.3 Å². The third-order valence-electron chi connectivity index (χ3n) is 8.18. The quantitative estimate of drug-likeness (QED) is 0.0816. The van der Waals surface area contributed by atoms with Gasteiger partial charge in [0.1, 0.15) is 30.8 Å². The van der Waals surface area contributed by atoms with E-state index in [9.17, 15) is 29.1 Å². The number of nitrogens with zero attached hydrogens (tertiary/aromatic N) is 1. The Labute approximate surface area is 293 Å². The molecule has 0 saturated heterocycles. The maximum absolute atomic E-state index is 13.9. The van der Waals surface area contributed by atoms with Crippen LogP contribution in [0.5, 0.6) is 0 Å². The van der Waals surface area contributed by atoms with Crippen LogP contribution in [-0.4, -0.2) is 74.0 Å². The Morgan fingerprint density at radius 2 is 1.31 bits per heavy atom. The Kier molecular flexibility index (Phi) is 12.2. The molecule has 0 radical (unpaired) electrons. The van der Waals surface area contributed by atoms with Crippen molar-refractivity contribution in [1.82, 2.24) is 36.2 Å². The maximum atomic E-state index is 13.9. The molecule has 0 bridgehead atoms. The minimum atomic E-state index is -1.30. The molecule has 2 heterocycles. The van der Waals surface area contributed by atoms with Gasteiger partial charge in [-0.05, 0) is 29.7 Å². The van der Waals surface area contributed by atoms with Crippen molar-refractivity contribution < 1.29 is 33.8 Å². The second-order valence-electron chi connectivity index (χ2n) is 12.0. The zero-order chi connectivity index (χ0) is 36.2. The molecule has 0 saturated carbocycles. The van der Waals surface area contributed by atoms with Gasteiger partial charge in [-0.25, -0.2) is 14.6 Å². The predicted octanol–water partition coefficient (Wildman–Crippen LogP) is 2.77. The Morgan fingerprint density at radius 3 is 1.98 bits per heavy atom. The van der Waals surface area contributed by atoms with E-state index in [0.717, 1.165) is 16.5 Å². The van der Waals surface area contributed by atoms with E-state index in [1.165, 1.54) is 19.4 Å². The van der Waals surface area contributed by atoms with Crippen LogP contribution in [0.25, 0.3) is 10.9 Å². The fourth-order valence-corrected chi connectivity index (χ4v) is 5.45. The molecule has 5 rings (SSSR count). The number of carboxylic acids is 1. The van der Waals surface area contributed by atoms with E-state index in [0.29, 0.717) is 16.8 Å². The first-order valence-electron chi connectivity index (χ1n) is 16.3. The Morgan fingerprint density at radius 1 is 0.706 bits per heavy atom. The summed E-state index contributed by atoms with van der Waals surface area (Å²) in [4.78, 5) is 75.6. The van der Waals surface area contributed by atoms with Gasteiger partial charge in [-0.3, -0.25) is 14.4 Å². The molecular weight excluding hydrogens is 654 g/mol. The summed E-state index contributed by atoms with van der Waals surface area (Å²) < 4.78 is 5.21. The molecule has 0 aliphatic heterocycles. The molecule has 0 aliphatic rings. The molecule has 264 valence electrons. The van der Waals surface area contributed by atoms with Gasteiger partial charge in [0.15, 0.2) is 0 Å². The molecule has 2 aromatic heterocycles. The first kappa shape index (κ1) is 35.9. The van der Waals surface area contributed by atoms with Crippen molar-refractivity contribution >= 4 is 40.7 Å². The van der Waals surface area contributed by atoms with Crippen molar-refractivity contribution in [2.24, 2.45) is 0 Å². The average molecular weight is 694 g/mol. The van der Waals surface area contributed by atoms with Gasteiger partial charge in [0.2, 0.25) is 17.7 Å². The highest BCUT2D eigenvalue weighted by Gasteiger charge is 2.31. The molecule has 0 spiro atoms. The normalized spacial score (nSPS) is 13.3. The molecule has 14 nitrogen and oxygen atoms in total. The van der Waals surface area contributed by atoms with Crippen LogP contribution in [0.15, 0.2) is 104 Å². The minimum absolute atomic E-state index is 0.00124. The molecule has 3 aromatic carbocycles. The van der Waals surface area contributed by atoms with Crippen LogP contribution in [0, 0.1) is 0 Å². The largest absolute Gasteiger partial charge is 0.480 e. The monoisotopic (exact) mass is 693 g/mol. The summed E-state index contributed by atoms with van der Waals surface area (Å²) in [7, 11) is 0. The third kappa shape index (κ3) is 10.3. The summed E-state index contributed by atoms with van der Waals surface area (Å²) in [5.41, 5.74) is 3.53. The zero-order valence-electron chi connectivity index (χ0n) is 27.8. The molecule has 0 aliphatic carbocycles. The number of fused-ring (bicyclic) bond motifs is 1. The van der Waals surface area contributed by atoms with Gasteiger partial charge in [0.25, 0.3) is 0 Å². The Bertz CT molecular complexity index is 1930. The first-order valence-corrected chi connectivity index (χ1v) is 16.3. The number of carboxylic acid groups (broad SMARTS) is 1. The van der Waals surface area contributed by atoms with Crippen molar-refractivity contribution in [2.45, 2.75) is 57.0 Å². The number of aromatic amines is 2. The fraction of sp³-hybridized carbons (Fsp3) is 0.243. The van der Waals surface area contributed by atoms with Gasteiger partial charge >= 0.3 is 12.1 Å². The molecule has 5 aromatic rings. The number of nitrogens with one attached hydrogen (secondary N) is 6. The summed E-state index contributed by atoms with van der Waals surface area (Å²) in [5.74, 6) is -3.36. The van der Waals surface area contributed by atoms with E-state index >= 15 is 0 Å². The summed E-state index contributed by atoms with van der Waals surface area (Å²) in [6, 6.07) is 20.6. The molecular formula is C37H39N7O7. The van der Waals surface area contributed by atoms with E-state index in [2.05, 4.69) is 36.2 Å². The molecule has 0 fully saturated rings. The third-order valence-corrected chi connectivity index (χ3v) is 8.18. The standard InChI is InChI=1S/C37H39N7O7/c1-23(41-37(50)51-21-25-12-6-3-7-13-25)33(45)42-31(18-27-20-38-22-40-27)35(47)43-30(16-24-10-4-2-5-11-24)34(46)44-32(36(48)49)17-26-19-39-29-15-9-8-14-28(26)29/h2-15,19-20,22-23,30-32,39H,16-18,21H2,1H3,(H,38,40)(H,41,50)(H,42,45)(H,43,47)(H,44,46)(H,48,49)/t23-,30-,31-,32-/m0/s1. The number of benzene rings is 3. The highest BCUT2D eigenvalue weighted by molar-refractivity contribution is 5.95. The predicted molar refractivity (Wildman–Crippen MR) is 187 cm³/mol. The number of carbonyl (C=O) groups excluding carboxylic acids is 4. The lowest BCUT2D eigenvalue weighted by Crippen LogP contribution is -2.58. The lowest BCUT2D eigenvalue weighted by atomic mass is 10.0. The van der Waals surface area contributed by atoms with Crippen LogP contribution in [0.3, 0.4) is 0 Å². The second-order valence-corrected chi connectivity index (χ2v) is 12.0. The smallest absolute Gasteiger partial charge is 0.408 e. The lowest BCUT2D eigenvalue weighted by molar-refractivity contribution is -0.142. The van der Waals surface area contributed by atoms with Gasteiger partial charge in [-0.15, -0.1) is 0 Å². The highest BCUT2D eigenvalue weighted by Crippen LogP contribution is 2.19. The molecule has 4 amide bonds. The van der Waals surface area contributed by atoms with Gasteiger partial charge in [-0.2, -0.15) is 0 Å². The Balaban J connectivity index is 1.29. The topological polar surface area (TPSA) is 207 Å². The van der Waals surface area contributed by atoms with Crippen molar-refractivity contribution in [2.75, 3.05) is 0 Å². The second kappa shape index (κ2) is 17.3. The van der Waals surface area contributed by atoms with Crippen molar-refractivity contribution in [3.63, 3.8) is 0 Å². The molecule has 51 heavy (non-hydrogen) atoms. The van der Waals surface area contributed by atoms with Crippen LogP contribution in [0.1, 0.15) is 29.3 Å². The number of imidazole rings is 1. The fourth-order valence-electron chi connectivity index (χ4n) is 5.45. The molecule has 7 N–H and O–H groups in total.